The summed E-state index contributed by atoms with van der Waals surface area (Å²) in [5, 5.41) is 10.4. The fourth-order valence-electron chi connectivity index (χ4n) is 2.88. The monoisotopic (exact) mass is 377 g/mol. The molecule has 0 bridgehead atoms. The summed E-state index contributed by atoms with van der Waals surface area (Å²) in [5.41, 5.74) is 3.47. The summed E-state index contributed by atoms with van der Waals surface area (Å²) < 4.78 is 26.9. The third-order valence-electron chi connectivity index (χ3n) is 4.28. The maximum atomic E-state index is 13.5. The molecule has 1 atom stereocenters. The van der Waals surface area contributed by atoms with Gasteiger partial charge in [-0.25, -0.2) is 13.8 Å². The summed E-state index contributed by atoms with van der Waals surface area (Å²) in [7, 11) is 0. The molecule has 0 aliphatic heterocycles. The molecule has 0 amide bonds. The number of nitrogens with one attached hydrogen (secondary N) is 2. The average Bonchev–Trinajstić information content (AvgIpc) is 3.09. The Morgan fingerprint density at radius 2 is 1.86 bits per heavy atom. The van der Waals surface area contributed by atoms with Gasteiger partial charge in [-0.1, -0.05) is 6.07 Å². The molecule has 2 N–H and O–H groups in total. The first-order valence-electron chi connectivity index (χ1n) is 8.75. The first kappa shape index (κ1) is 17.8. The smallest absolute Gasteiger partial charge is 0.127 e. The van der Waals surface area contributed by atoms with E-state index in [-0.39, 0.29) is 6.04 Å². The van der Waals surface area contributed by atoms with Gasteiger partial charge in [0.1, 0.15) is 28.7 Å². The van der Waals surface area contributed by atoms with Crippen molar-refractivity contribution in [3.05, 3.63) is 83.3 Å². The molecule has 1 aromatic carbocycles. The zero-order valence-electron chi connectivity index (χ0n) is 15.0. The maximum Gasteiger partial charge on any atom is 0.127 e. The number of nitrogens with zero attached hydrogens (tertiary/aromatic N) is 3. The fraction of sp³-hybridized carbons (Fsp3) is 0.0952. The van der Waals surface area contributed by atoms with E-state index in [9.17, 15) is 8.78 Å². The SMILES string of the molecule is CC(Nc1ccc2[nH]nc(/C=C/c3ccccn3)c2n1)c1cc(F)cc(F)c1. The van der Waals surface area contributed by atoms with Crippen LogP contribution in [0, 0.1) is 11.6 Å². The van der Waals surface area contributed by atoms with Crippen molar-refractivity contribution in [2.75, 3.05) is 5.32 Å². The summed E-state index contributed by atoms with van der Waals surface area (Å²) in [4.78, 5) is 8.84. The standard InChI is InChI=1S/C21H17F2N5/c1-13(14-10-15(22)12-16(23)11-14)25-20-8-7-19-21(26-20)18(27-28-19)6-5-17-4-2-3-9-24-17/h2-13H,1H3,(H,25,26)(H,27,28)/b6-5+. The second-order valence-electron chi connectivity index (χ2n) is 6.36. The van der Waals surface area contributed by atoms with Crippen LogP contribution < -0.4 is 5.32 Å². The van der Waals surface area contributed by atoms with Crippen molar-refractivity contribution in [1.29, 1.82) is 0 Å². The van der Waals surface area contributed by atoms with Gasteiger partial charge in [0.05, 0.1) is 17.3 Å². The Morgan fingerprint density at radius 1 is 1.04 bits per heavy atom. The van der Waals surface area contributed by atoms with E-state index in [0.29, 0.717) is 22.6 Å². The Kier molecular flexibility index (Phi) is 4.80. The van der Waals surface area contributed by atoms with Gasteiger partial charge in [0.25, 0.3) is 0 Å². The van der Waals surface area contributed by atoms with Gasteiger partial charge in [-0.15, -0.1) is 0 Å². The maximum absolute atomic E-state index is 13.5. The number of hydrogen-bond donors (Lipinski definition) is 2. The molecule has 7 heteroatoms. The lowest BCUT2D eigenvalue weighted by molar-refractivity contribution is 0.577. The molecule has 3 heterocycles. The molecular formula is C21H17F2N5. The van der Waals surface area contributed by atoms with Gasteiger partial charge in [-0.2, -0.15) is 5.10 Å². The van der Waals surface area contributed by atoms with Crippen molar-refractivity contribution in [3.63, 3.8) is 0 Å². The molecule has 1 unspecified atom stereocenters. The molecule has 28 heavy (non-hydrogen) atoms. The summed E-state index contributed by atoms with van der Waals surface area (Å²) >= 11 is 0. The van der Waals surface area contributed by atoms with Gasteiger partial charge >= 0.3 is 0 Å². The number of rotatable bonds is 5. The number of pyridine rings is 2. The van der Waals surface area contributed by atoms with Crippen LogP contribution in [0.1, 0.15) is 29.9 Å². The summed E-state index contributed by atoms with van der Waals surface area (Å²) in [5.74, 6) is -0.633. The van der Waals surface area contributed by atoms with Crippen LogP contribution in [-0.2, 0) is 0 Å². The van der Waals surface area contributed by atoms with Crippen LogP contribution in [0.15, 0.2) is 54.7 Å². The first-order chi connectivity index (χ1) is 13.6. The molecule has 0 radical (unpaired) electrons. The number of hydrogen-bond acceptors (Lipinski definition) is 4. The normalized spacial score (nSPS) is 12.5. The van der Waals surface area contributed by atoms with Crippen molar-refractivity contribution >= 4 is 29.0 Å². The van der Waals surface area contributed by atoms with E-state index in [1.54, 1.807) is 12.3 Å². The van der Waals surface area contributed by atoms with Gasteiger partial charge in [0.2, 0.25) is 0 Å². The van der Waals surface area contributed by atoms with Crippen LogP contribution >= 0.6 is 0 Å². The summed E-state index contributed by atoms with van der Waals surface area (Å²) in [6, 6.07) is 12.4. The molecular weight excluding hydrogens is 360 g/mol. The lowest BCUT2D eigenvalue weighted by Crippen LogP contribution is -2.08. The van der Waals surface area contributed by atoms with Gasteiger partial charge in [0.15, 0.2) is 0 Å². The Labute approximate surface area is 160 Å². The highest BCUT2D eigenvalue weighted by atomic mass is 19.1. The third-order valence-corrected chi connectivity index (χ3v) is 4.28. The van der Waals surface area contributed by atoms with Crippen LogP contribution in [0.4, 0.5) is 14.6 Å². The lowest BCUT2D eigenvalue weighted by Gasteiger charge is -2.15. The summed E-state index contributed by atoms with van der Waals surface area (Å²) in [6.45, 7) is 1.82. The second-order valence-corrected chi connectivity index (χ2v) is 6.36. The molecule has 0 aliphatic rings. The van der Waals surface area contributed by atoms with E-state index in [4.69, 9.17) is 0 Å². The molecule has 0 spiro atoms. The van der Waals surface area contributed by atoms with Crippen molar-refractivity contribution < 1.29 is 8.78 Å². The highest BCUT2D eigenvalue weighted by Gasteiger charge is 2.11. The molecule has 4 rings (SSSR count). The average molecular weight is 377 g/mol. The topological polar surface area (TPSA) is 66.5 Å². The van der Waals surface area contributed by atoms with Crippen molar-refractivity contribution in [2.24, 2.45) is 0 Å². The largest absolute Gasteiger partial charge is 0.364 e. The number of benzene rings is 1. The third kappa shape index (κ3) is 3.88. The number of halogens is 2. The minimum absolute atomic E-state index is 0.324. The van der Waals surface area contributed by atoms with Gasteiger partial charge in [-0.05, 0) is 61.0 Å². The molecule has 3 aromatic heterocycles. The van der Waals surface area contributed by atoms with Gasteiger partial charge < -0.3 is 5.32 Å². The number of aromatic amines is 1. The molecule has 4 aromatic rings. The Morgan fingerprint density at radius 3 is 2.61 bits per heavy atom. The molecule has 5 nitrogen and oxygen atoms in total. The van der Waals surface area contributed by atoms with Crippen molar-refractivity contribution in [3.8, 4) is 0 Å². The summed E-state index contributed by atoms with van der Waals surface area (Å²) in [6.07, 6.45) is 5.41. The Hall–Kier alpha value is -3.61. The molecule has 0 fully saturated rings. The Balaban J connectivity index is 1.59. The van der Waals surface area contributed by atoms with Crippen molar-refractivity contribution in [2.45, 2.75) is 13.0 Å². The van der Waals surface area contributed by atoms with E-state index in [1.165, 1.54) is 12.1 Å². The second kappa shape index (κ2) is 7.56. The number of anilines is 1. The van der Waals surface area contributed by atoms with E-state index >= 15 is 0 Å². The van der Waals surface area contributed by atoms with Crippen LogP contribution in [0.25, 0.3) is 23.2 Å². The van der Waals surface area contributed by atoms with E-state index in [2.05, 4.69) is 25.5 Å². The fourth-order valence-corrected chi connectivity index (χ4v) is 2.88. The highest BCUT2D eigenvalue weighted by Crippen LogP contribution is 2.23. The predicted octanol–water partition coefficient (Wildman–Crippen LogP) is 4.97. The van der Waals surface area contributed by atoms with Crippen LogP contribution in [0.2, 0.25) is 0 Å². The quantitative estimate of drug-likeness (QED) is 0.515. The zero-order chi connectivity index (χ0) is 19.5. The van der Waals surface area contributed by atoms with Crippen molar-refractivity contribution in [1.82, 2.24) is 20.2 Å². The van der Waals surface area contributed by atoms with Gasteiger partial charge in [-0.3, -0.25) is 10.1 Å². The van der Waals surface area contributed by atoms with Gasteiger partial charge in [0, 0.05) is 12.3 Å². The van der Waals surface area contributed by atoms with E-state index in [0.717, 1.165) is 17.3 Å². The first-order valence-corrected chi connectivity index (χ1v) is 8.75. The van der Waals surface area contributed by atoms with E-state index in [1.807, 2.05) is 43.3 Å². The lowest BCUT2D eigenvalue weighted by atomic mass is 10.1. The van der Waals surface area contributed by atoms with Crippen LogP contribution in [0.3, 0.4) is 0 Å². The molecule has 140 valence electrons. The Bertz CT molecular complexity index is 1120. The zero-order valence-corrected chi connectivity index (χ0v) is 15.0. The van der Waals surface area contributed by atoms with Crippen LogP contribution in [-0.4, -0.2) is 20.2 Å². The number of H-pyrrole nitrogens is 1. The molecule has 0 saturated heterocycles. The molecule has 0 saturated carbocycles. The minimum atomic E-state index is -0.608. The number of fused-ring (bicyclic) bond motifs is 1. The number of aromatic nitrogens is 4. The molecule has 0 aliphatic carbocycles. The van der Waals surface area contributed by atoms with E-state index < -0.39 is 11.6 Å². The highest BCUT2D eigenvalue weighted by molar-refractivity contribution is 5.86. The van der Waals surface area contributed by atoms with Crippen LogP contribution in [0.5, 0.6) is 0 Å². The minimum Gasteiger partial charge on any atom is -0.364 e. The predicted molar refractivity (Wildman–Crippen MR) is 105 cm³/mol.